The smallest absolute Gasteiger partial charge is 0.196 e. The molecule has 0 radical (unpaired) electrons. The maximum atomic E-state index is 9.01. The van der Waals surface area contributed by atoms with Crippen LogP contribution in [0.25, 0.3) is 0 Å². The molecule has 0 heterocycles. The largest absolute Gasteiger partial charge is 0.478 e. The molecule has 0 aromatic heterocycles. The van der Waals surface area contributed by atoms with E-state index >= 15 is 0 Å². The van der Waals surface area contributed by atoms with Crippen molar-refractivity contribution in [1.82, 2.24) is 0 Å². The number of hydrogen-bond acceptors (Lipinski definition) is 2. The highest BCUT2D eigenvalue weighted by Crippen LogP contribution is 2.27. The Balaban J connectivity index is 2.73. The summed E-state index contributed by atoms with van der Waals surface area (Å²) in [6.07, 6.45) is 5.78. The van der Waals surface area contributed by atoms with Crippen molar-refractivity contribution in [3.8, 4) is 6.07 Å². The van der Waals surface area contributed by atoms with E-state index in [4.69, 9.17) is 10.00 Å². The van der Waals surface area contributed by atoms with Crippen LogP contribution >= 0.6 is 0 Å². The van der Waals surface area contributed by atoms with Crippen LogP contribution in [0, 0.1) is 11.3 Å². The SMILES string of the molecule is CC(C)(C)OC(C#N)=C1CCCCC1. The summed E-state index contributed by atoms with van der Waals surface area (Å²) in [5.74, 6) is 0.567. The van der Waals surface area contributed by atoms with Gasteiger partial charge in [0.15, 0.2) is 5.76 Å². The third-order valence-electron chi connectivity index (χ3n) is 2.29. The first kappa shape index (κ1) is 11.1. The van der Waals surface area contributed by atoms with Gasteiger partial charge >= 0.3 is 0 Å². The van der Waals surface area contributed by atoms with Crippen molar-refractivity contribution < 1.29 is 4.74 Å². The second-order valence-electron chi connectivity index (χ2n) is 4.82. The van der Waals surface area contributed by atoms with Crippen LogP contribution in [0.4, 0.5) is 0 Å². The van der Waals surface area contributed by atoms with E-state index in [0.717, 1.165) is 12.8 Å². The summed E-state index contributed by atoms with van der Waals surface area (Å²) in [5, 5.41) is 9.01. The summed E-state index contributed by atoms with van der Waals surface area (Å²) in [7, 11) is 0. The fourth-order valence-electron chi connectivity index (χ4n) is 1.69. The van der Waals surface area contributed by atoms with E-state index < -0.39 is 0 Å². The van der Waals surface area contributed by atoms with E-state index in [1.165, 1.54) is 24.8 Å². The van der Waals surface area contributed by atoms with E-state index in [0.29, 0.717) is 5.76 Å². The first-order chi connectivity index (χ1) is 6.53. The molecule has 0 amide bonds. The van der Waals surface area contributed by atoms with Crippen LogP contribution in [0.15, 0.2) is 11.3 Å². The Labute approximate surface area is 86.6 Å². The molecule has 1 fully saturated rings. The van der Waals surface area contributed by atoms with Gasteiger partial charge in [-0.25, -0.2) is 0 Å². The molecular weight excluding hydrogens is 174 g/mol. The van der Waals surface area contributed by atoms with Crippen molar-refractivity contribution in [1.29, 1.82) is 5.26 Å². The number of allylic oxidation sites excluding steroid dienone is 2. The quantitative estimate of drug-likeness (QED) is 0.471. The molecule has 0 unspecified atom stereocenters. The standard InChI is InChI=1S/C12H19NO/c1-12(2,3)14-11(9-13)10-7-5-4-6-8-10/h4-8H2,1-3H3. The van der Waals surface area contributed by atoms with Crippen LogP contribution in [0.3, 0.4) is 0 Å². The van der Waals surface area contributed by atoms with Crippen molar-refractivity contribution in [2.75, 3.05) is 0 Å². The van der Waals surface area contributed by atoms with E-state index in [1.54, 1.807) is 0 Å². The monoisotopic (exact) mass is 193 g/mol. The van der Waals surface area contributed by atoms with E-state index in [9.17, 15) is 0 Å². The predicted octanol–water partition coefficient (Wildman–Crippen LogP) is 3.54. The summed E-state index contributed by atoms with van der Waals surface area (Å²) in [4.78, 5) is 0. The molecule has 2 heteroatoms. The first-order valence-electron chi connectivity index (χ1n) is 5.34. The Bertz CT molecular complexity index is 257. The average Bonchev–Trinajstić information content (AvgIpc) is 2.14. The average molecular weight is 193 g/mol. The molecule has 14 heavy (non-hydrogen) atoms. The summed E-state index contributed by atoms with van der Waals surface area (Å²) < 4.78 is 5.64. The van der Waals surface area contributed by atoms with Crippen LogP contribution < -0.4 is 0 Å². The summed E-state index contributed by atoms with van der Waals surface area (Å²) in [6, 6.07) is 2.19. The van der Waals surface area contributed by atoms with Gasteiger partial charge in [0.1, 0.15) is 11.7 Å². The van der Waals surface area contributed by atoms with Crippen LogP contribution in [-0.2, 0) is 4.74 Å². The fraction of sp³-hybridized carbons (Fsp3) is 0.750. The summed E-state index contributed by atoms with van der Waals surface area (Å²) in [5.41, 5.74) is 0.962. The Morgan fingerprint density at radius 3 is 2.21 bits per heavy atom. The van der Waals surface area contributed by atoms with Crippen molar-refractivity contribution in [3.63, 3.8) is 0 Å². The molecule has 78 valence electrons. The van der Waals surface area contributed by atoms with Gasteiger partial charge in [0.25, 0.3) is 0 Å². The van der Waals surface area contributed by atoms with Gasteiger partial charge < -0.3 is 4.74 Å². The topological polar surface area (TPSA) is 33.0 Å². The molecule has 0 saturated heterocycles. The van der Waals surface area contributed by atoms with E-state index in [2.05, 4.69) is 6.07 Å². The lowest BCUT2D eigenvalue weighted by Crippen LogP contribution is -2.19. The summed E-state index contributed by atoms with van der Waals surface area (Å²) >= 11 is 0. The van der Waals surface area contributed by atoms with Gasteiger partial charge in [0, 0.05) is 0 Å². The van der Waals surface area contributed by atoms with Gasteiger partial charge in [-0.1, -0.05) is 6.42 Å². The molecule has 0 aliphatic heterocycles. The molecule has 1 rings (SSSR count). The molecule has 0 aromatic carbocycles. The second kappa shape index (κ2) is 4.50. The normalized spacial score (nSPS) is 17.4. The van der Waals surface area contributed by atoms with Gasteiger partial charge in [-0.15, -0.1) is 0 Å². The Kier molecular flexibility index (Phi) is 3.57. The number of ether oxygens (including phenoxy) is 1. The van der Waals surface area contributed by atoms with Gasteiger partial charge in [-0.2, -0.15) is 5.26 Å². The third-order valence-corrected chi connectivity index (χ3v) is 2.29. The molecule has 0 spiro atoms. The fourth-order valence-corrected chi connectivity index (χ4v) is 1.69. The lowest BCUT2D eigenvalue weighted by Gasteiger charge is -2.23. The highest BCUT2D eigenvalue weighted by molar-refractivity contribution is 5.23. The van der Waals surface area contributed by atoms with Gasteiger partial charge in [0.2, 0.25) is 0 Å². The van der Waals surface area contributed by atoms with Gasteiger partial charge in [0.05, 0.1) is 0 Å². The van der Waals surface area contributed by atoms with Crippen molar-refractivity contribution in [2.24, 2.45) is 0 Å². The lowest BCUT2D eigenvalue weighted by atomic mass is 9.94. The minimum Gasteiger partial charge on any atom is -0.478 e. The maximum absolute atomic E-state index is 9.01. The molecule has 1 aliphatic rings. The number of rotatable bonds is 1. The highest BCUT2D eigenvalue weighted by Gasteiger charge is 2.18. The number of nitriles is 1. The Morgan fingerprint density at radius 2 is 1.79 bits per heavy atom. The van der Waals surface area contributed by atoms with Gasteiger partial charge in [-0.05, 0) is 52.0 Å². The number of hydrogen-bond donors (Lipinski definition) is 0. The summed E-state index contributed by atoms with van der Waals surface area (Å²) in [6.45, 7) is 5.94. The Morgan fingerprint density at radius 1 is 1.21 bits per heavy atom. The van der Waals surface area contributed by atoms with Crippen molar-refractivity contribution >= 4 is 0 Å². The molecule has 1 aliphatic carbocycles. The van der Waals surface area contributed by atoms with Crippen molar-refractivity contribution in [2.45, 2.75) is 58.5 Å². The van der Waals surface area contributed by atoms with Crippen LogP contribution in [0.2, 0.25) is 0 Å². The molecule has 0 atom stereocenters. The van der Waals surface area contributed by atoms with Crippen LogP contribution in [0.1, 0.15) is 52.9 Å². The molecule has 1 saturated carbocycles. The number of nitrogens with zero attached hydrogens (tertiary/aromatic N) is 1. The molecule has 0 N–H and O–H groups in total. The third kappa shape index (κ3) is 3.41. The lowest BCUT2D eigenvalue weighted by molar-refractivity contribution is 0.0585. The first-order valence-corrected chi connectivity index (χ1v) is 5.34. The minimum atomic E-state index is -0.254. The molecular formula is C12H19NO. The van der Waals surface area contributed by atoms with E-state index in [-0.39, 0.29) is 5.60 Å². The van der Waals surface area contributed by atoms with Crippen LogP contribution in [0.5, 0.6) is 0 Å². The Hall–Kier alpha value is -0.970. The predicted molar refractivity (Wildman–Crippen MR) is 56.6 cm³/mol. The van der Waals surface area contributed by atoms with E-state index in [1.807, 2.05) is 20.8 Å². The van der Waals surface area contributed by atoms with Crippen molar-refractivity contribution in [3.05, 3.63) is 11.3 Å². The minimum absolute atomic E-state index is 0.254. The van der Waals surface area contributed by atoms with Gasteiger partial charge in [-0.3, -0.25) is 0 Å². The zero-order valence-corrected chi connectivity index (χ0v) is 9.39. The molecule has 0 aromatic rings. The zero-order valence-electron chi connectivity index (χ0n) is 9.39. The zero-order chi connectivity index (χ0) is 10.6. The second-order valence-corrected chi connectivity index (χ2v) is 4.82. The maximum Gasteiger partial charge on any atom is 0.196 e. The highest BCUT2D eigenvalue weighted by atomic mass is 16.5. The molecule has 0 bridgehead atoms. The molecule has 2 nitrogen and oxygen atoms in total. The van der Waals surface area contributed by atoms with Crippen LogP contribution in [-0.4, -0.2) is 5.60 Å².